The maximum atomic E-state index is 13.6. The number of carbonyl (C=O) groups is 1. The molecule has 1 aliphatic heterocycles. The second kappa shape index (κ2) is 12.0. The zero-order chi connectivity index (χ0) is 24.6. The molecule has 0 bridgehead atoms. The summed E-state index contributed by atoms with van der Waals surface area (Å²) >= 11 is 1.32. The first kappa shape index (κ1) is 24.9. The van der Waals surface area contributed by atoms with E-state index in [2.05, 4.69) is 21.2 Å². The molecule has 0 N–H and O–H groups in total. The van der Waals surface area contributed by atoms with E-state index in [1.54, 1.807) is 17.0 Å². The lowest BCUT2D eigenvalue weighted by Gasteiger charge is -2.26. The van der Waals surface area contributed by atoms with Gasteiger partial charge in [-0.2, -0.15) is 5.26 Å². The number of nitrogens with zero attached hydrogens (tertiary/aromatic N) is 6. The van der Waals surface area contributed by atoms with E-state index in [9.17, 15) is 9.18 Å². The predicted octanol–water partition coefficient (Wildman–Crippen LogP) is 4.82. The largest absolute Gasteiger partial charge is 0.310 e. The molecule has 0 spiro atoms. The van der Waals surface area contributed by atoms with Crippen molar-refractivity contribution in [2.75, 3.05) is 24.5 Å². The predicted molar refractivity (Wildman–Crippen MR) is 135 cm³/mol. The van der Waals surface area contributed by atoms with Crippen LogP contribution in [0.4, 0.5) is 10.1 Å². The smallest absolute Gasteiger partial charge is 0.240 e. The monoisotopic (exact) mass is 492 g/mol. The average molecular weight is 493 g/mol. The fourth-order valence-electron chi connectivity index (χ4n) is 4.21. The number of hydrogen-bond donors (Lipinski definition) is 0. The fraction of sp³-hybridized carbons (Fsp3) is 0.385. The van der Waals surface area contributed by atoms with Gasteiger partial charge in [0.1, 0.15) is 5.82 Å². The maximum Gasteiger partial charge on any atom is 0.240 e. The van der Waals surface area contributed by atoms with Gasteiger partial charge in [0.2, 0.25) is 5.91 Å². The van der Waals surface area contributed by atoms with Crippen LogP contribution in [-0.2, 0) is 11.3 Å². The number of rotatable bonds is 9. The van der Waals surface area contributed by atoms with Crippen LogP contribution in [0.3, 0.4) is 0 Å². The molecule has 1 fully saturated rings. The van der Waals surface area contributed by atoms with Crippen LogP contribution in [0.2, 0.25) is 0 Å². The van der Waals surface area contributed by atoms with Crippen molar-refractivity contribution in [3.8, 4) is 11.8 Å². The second-order valence-corrected chi connectivity index (χ2v) is 9.85. The topological polar surface area (TPSA) is 78.1 Å². The number of thioether (sulfide) groups is 1. The van der Waals surface area contributed by atoms with Crippen molar-refractivity contribution in [3.05, 3.63) is 66.2 Å². The van der Waals surface area contributed by atoms with Crippen molar-refractivity contribution >= 4 is 23.4 Å². The minimum atomic E-state index is -0.472. The van der Waals surface area contributed by atoms with Crippen LogP contribution in [0.25, 0.3) is 5.69 Å². The number of aromatic nitrogens is 3. The summed E-state index contributed by atoms with van der Waals surface area (Å²) in [5.74, 6) is 0.348. The number of halogens is 1. The molecule has 0 saturated carbocycles. The lowest BCUT2D eigenvalue weighted by molar-refractivity contribution is -0.117. The van der Waals surface area contributed by atoms with Gasteiger partial charge in [0.05, 0.1) is 24.3 Å². The third kappa shape index (κ3) is 6.27. The first-order valence-corrected chi connectivity index (χ1v) is 12.8. The van der Waals surface area contributed by atoms with E-state index in [-0.39, 0.29) is 18.1 Å². The van der Waals surface area contributed by atoms with Gasteiger partial charge in [-0.3, -0.25) is 14.3 Å². The Bertz CT molecular complexity index is 1150. The molecular weight excluding hydrogens is 463 g/mol. The lowest BCUT2D eigenvalue weighted by atomic mass is 10.1. The number of piperidine rings is 1. The van der Waals surface area contributed by atoms with E-state index in [0.717, 1.165) is 43.1 Å². The molecule has 1 aliphatic rings. The molecule has 2 aromatic carbocycles. The second-order valence-electron chi connectivity index (χ2n) is 8.54. The van der Waals surface area contributed by atoms with Gasteiger partial charge in [0, 0.05) is 17.9 Å². The van der Waals surface area contributed by atoms with Crippen molar-refractivity contribution < 1.29 is 9.18 Å². The van der Waals surface area contributed by atoms with Crippen LogP contribution in [-0.4, -0.2) is 50.5 Å². The molecule has 1 saturated heterocycles. The van der Waals surface area contributed by atoms with Crippen LogP contribution < -0.4 is 4.90 Å². The molecule has 1 amide bonds. The van der Waals surface area contributed by atoms with Gasteiger partial charge in [0.15, 0.2) is 11.0 Å². The molecule has 1 atom stereocenters. The minimum Gasteiger partial charge on any atom is -0.310 e. The number of amides is 1. The van der Waals surface area contributed by atoms with Crippen molar-refractivity contribution in [2.45, 2.75) is 49.6 Å². The van der Waals surface area contributed by atoms with E-state index >= 15 is 0 Å². The average Bonchev–Trinajstić information content (AvgIpc) is 3.27. The summed E-state index contributed by atoms with van der Waals surface area (Å²) in [6.07, 6.45) is 3.81. The standard InChI is InChI=1S/C26H29FN6OS/c1-20(25(34)32(18-8-15-28)22-9-4-2-5-10-22)35-26-30-29-24(19-31-16-6-3-7-17-31)33(26)23-13-11-21(27)12-14-23/h2,4-5,9-14,20H,3,6-8,16-19H2,1H3. The van der Waals surface area contributed by atoms with E-state index in [1.807, 2.05) is 41.8 Å². The summed E-state index contributed by atoms with van der Waals surface area (Å²) in [6.45, 7) is 4.82. The van der Waals surface area contributed by atoms with E-state index in [1.165, 1.54) is 30.3 Å². The minimum absolute atomic E-state index is 0.109. The Morgan fingerprint density at radius 1 is 1.11 bits per heavy atom. The molecule has 7 nitrogen and oxygen atoms in total. The Morgan fingerprint density at radius 2 is 1.83 bits per heavy atom. The van der Waals surface area contributed by atoms with Gasteiger partial charge in [0.25, 0.3) is 0 Å². The zero-order valence-corrected chi connectivity index (χ0v) is 20.6. The van der Waals surface area contributed by atoms with Crippen LogP contribution in [0.15, 0.2) is 59.8 Å². The van der Waals surface area contributed by atoms with Crippen LogP contribution in [0.5, 0.6) is 0 Å². The van der Waals surface area contributed by atoms with Gasteiger partial charge in [-0.1, -0.05) is 36.4 Å². The SMILES string of the molecule is CC(Sc1nnc(CN2CCCCC2)n1-c1ccc(F)cc1)C(=O)N(CCC#N)c1ccccc1. The Morgan fingerprint density at radius 3 is 2.51 bits per heavy atom. The number of benzene rings is 2. The highest BCUT2D eigenvalue weighted by atomic mass is 32.2. The molecule has 1 aromatic heterocycles. The van der Waals surface area contributed by atoms with Gasteiger partial charge >= 0.3 is 0 Å². The van der Waals surface area contributed by atoms with Crippen molar-refractivity contribution in [1.29, 1.82) is 5.26 Å². The molecule has 9 heteroatoms. The van der Waals surface area contributed by atoms with Gasteiger partial charge in [-0.25, -0.2) is 4.39 Å². The summed E-state index contributed by atoms with van der Waals surface area (Å²) in [5.41, 5.74) is 1.51. The Hall–Kier alpha value is -3.22. The highest BCUT2D eigenvalue weighted by Crippen LogP contribution is 2.29. The fourth-order valence-corrected chi connectivity index (χ4v) is 5.16. The Kier molecular flexibility index (Phi) is 8.50. The highest BCUT2D eigenvalue weighted by molar-refractivity contribution is 8.00. The first-order chi connectivity index (χ1) is 17.1. The molecule has 4 rings (SSSR count). The molecule has 0 radical (unpaired) electrons. The molecule has 1 unspecified atom stereocenters. The van der Waals surface area contributed by atoms with Crippen molar-refractivity contribution in [1.82, 2.24) is 19.7 Å². The van der Waals surface area contributed by atoms with Crippen molar-refractivity contribution in [2.24, 2.45) is 0 Å². The van der Waals surface area contributed by atoms with Crippen molar-refractivity contribution in [3.63, 3.8) is 0 Å². The van der Waals surface area contributed by atoms with Crippen LogP contribution >= 0.6 is 11.8 Å². The van der Waals surface area contributed by atoms with Crippen LogP contribution in [0.1, 0.15) is 38.4 Å². The van der Waals surface area contributed by atoms with Gasteiger partial charge < -0.3 is 4.90 Å². The molecule has 182 valence electrons. The quantitative estimate of drug-likeness (QED) is 0.399. The van der Waals surface area contributed by atoms with E-state index in [4.69, 9.17) is 5.26 Å². The number of nitriles is 1. The van der Waals surface area contributed by atoms with Gasteiger partial charge in [-0.05, 0) is 69.3 Å². The molecule has 2 heterocycles. The van der Waals surface area contributed by atoms with E-state index in [0.29, 0.717) is 18.2 Å². The number of likely N-dealkylation sites (tertiary alicyclic amines) is 1. The lowest BCUT2D eigenvalue weighted by Crippen LogP contribution is -2.37. The maximum absolute atomic E-state index is 13.6. The number of para-hydroxylation sites is 1. The Balaban J connectivity index is 1.60. The highest BCUT2D eigenvalue weighted by Gasteiger charge is 2.26. The molecule has 3 aromatic rings. The molecule has 35 heavy (non-hydrogen) atoms. The summed E-state index contributed by atoms with van der Waals surface area (Å²) in [5, 5.41) is 18.1. The summed E-state index contributed by atoms with van der Waals surface area (Å²) in [7, 11) is 0. The first-order valence-electron chi connectivity index (χ1n) is 11.9. The molecule has 0 aliphatic carbocycles. The number of carbonyl (C=O) groups excluding carboxylic acids is 1. The normalized spacial score (nSPS) is 14.9. The molecular formula is C26H29FN6OS. The number of anilines is 1. The summed E-state index contributed by atoms with van der Waals surface area (Å²) in [4.78, 5) is 17.5. The summed E-state index contributed by atoms with van der Waals surface area (Å²) in [6, 6.07) is 17.7. The Labute approximate surface area is 209 Å². The number of hydrogen-bond acceptors (Lipinski definition) is 6. The summed E-state index contributed by atoms with van der Waals surface area (Å²) < 4.78 is 15.6. The zero-order valence-electron chi connectivity index (χ0n) is 19.8. The van der Waals surface area contributed by atoms with E-state index < -0.39 is 5.25 Å². The third-order valence-electron chi connectivity index (χ3n) is 6.01. The van der Waals surface area contributed by atoms with Crippen LogP contribution in [0, 0.1) is 17.1 Å². The van der Waals surface area contributed by atoms with Gasteiger partial charge in [-0.15, -0.1) is 10.2 Å². The third-order valence-corrected chi connectivity index (χ3v) is 7.04.